The molecule has 0 radical (unpaired) electrons. The molecule has 0 N–H and O–H groups in total. The molecule has 0 saturated heterocycles. The average molecular weight is 459 g/mol. The molecule has 176 valence electrons. The van der Waals surface area contributed by atoms with Crippen molar-refractivity contribution < 1.29 is 0 Å². The van der Waals surface area contributed by atoms with Gasteiger partial charge in [-0.15, -0.1) is 0 Å². The van der Waals surface area contributed by atoms with Crippen LogP contribution < -0.4 is 0 Å². The highest BCUT2D eigenvalue weighted by Crippen LogP contribution is 2.60. The summed E-state index contributed by atoms with van der Waals surface area (Å²) in [6, 6.07) is 13.9. The van der Waals surface area contributed by atoms with Gasteiger partial charge in [0.1, 0.15) is 0 Å². The largest absolute Gasteiger partial charge is 0.0787 e. The van der Waals surface area contributed by atoms with Crippen molar-refractivity contribution in [3.05, 3.63) is 80.7 Å². The molecule has 1 unspecified atom stereocenters. The van der Waals surface area contributed by atoms with Gasteiger partial charge < -0.3 is 0 Å². The van der Waals surface area contributed by atoms with Gasteiger partial charge in [0.2, 0.25) is 0 Å². The number of aryl methyl sites for hydroxylation is 2. The van der Waals surface area contributed by atoms with Crippen LogP contribution in [0.1, 0.15) is 105 Å². The van der Waals surface area contributed by atoms with E-state index in [0.29, 0.717) is 5.92 Å². The molecule has 2 aliphatic rings. The van der Waals surface area contributed by atoms with Crippen LogP contribution in [0.5, 0.6) is 0 Å². The molecule has 1 atom stereocenters. The van der Waals surface area contributed by atoms with Crippen LogP contribution in [0.25, 0.3) is 12.2 Å². The molecule has 0 aromatic heterocycles. The first-order valence-corrected chi connectivity index (χ1v) is 15.2. The average Bonchev–Trinajstić information content (AvgIpc) is 3.43. The van der Waals surface area contributed by atoms with Gasteiger partial charge in [0.15, 0.2) is 0 Å². The number of fused-ring (bicyclic) bond motifs is 2. The molecule has 2 aromatic rings. The second-order valence-corrected chi connectivity index (χ2v) is 12.7. The lowest BCUT2D eigenvalue weighted by Gasteiger charge is -2.27. The number of allylic oxidation sites excluding steroid dienone is 2. The molecule has 4 rings (SSSR count). The summed E-state index contributed by atoms with van der Waals surface area (Å²) in [7, 11) is -0.0678. The van der Waals surface area contributed by atoms with Crippen LogP contribution >= 0.6 is 7.92 Å². The summed E-state index contributed by atoms with van der Waals surface area (Å²) < 4.78 is 0. The Morgan fingerprint density at radius 1 is 0.758 bits per heavy atom. The van der Waals surface area contributed by atoms with Crippen LogP contribution in [-0.4, -0.2) is 12.3 Å². The monoisotopic (exact) mass is 458 g/mol. The van der Waals surface area contributed by atoms with Crippen molar-refractivity contribution in [3.63, 3.8) is 0 Å². The summed E-state index contributed by atoms with van der Waals surface area (Å²) >= 11 is 0. The lowest BCUT2D eigenvalue weighted by atomic mass is 9.91. The second-order valence-electron chi connectivity index (χ2n) is 10.2. The minimum absolute atomic E-state index is 0.0678. The van der Waals surface area contributed by atoms with Crippen molar-refractivity contribution in [2.24, 2.45) is 0 Å². The summed E-state index contributed by atoms with van der Waals surface area (Å²) in [5.74, 6) is 0.510. The van der Waals surface area contributed by atoms with Gasteiger partial charge in [0, 0.05) is 5.92 Å². The molecule has 0 amide bonds. The summed E-state index contributed by atoms with van der Waals surface area (Å²) in [6.45, 7) is 9.23. The lowest BCUT2D eigenvalue weighted by molar-refractivity contribution is 0.696. The zero-order valence-electron chi connectivity index (χ0n) is 21.4. The van der Waals surface area contributed by atoms with E-state index in [1.54, 1.807) is 22.0 Å². The molecule has 0 spiro atoms. The third-order valence-electron chi connectivity index (χ3n) is 7.73. The third kappa shape index (κ3) is 5.54. The van der Waals surface area contributed by atoms with Crippen LogP contribution in [0.2, 0.25) is 0 Å². The Hall–Kier alpha value is -1.65. The molecule has 33 heavy (non-hydrogen) atoms. The minimum atomic E-state index is -0.0678. The number of rotatable bonds is 12. The first-order valence-electron chi connectivity index (χ1n) is 13.5. The van der Waals surface area contributed by atoms with Gasteiger partial charge in [-0.2, -0.15) is 0 Å². The fourth-order valence-electron chi connectivity index (χ4n) is 5.75. The standard InChI is InChI=1S/C32H43P/c1-5-7-9-13-19-33(20-14-10-8-6-2)31-23-26-15-11-12-16-28(26)32(31)27-21-29-24(3)17-18-25(4)30(29)22-27/h11-12,15-18,21,23,32H,5-10,13-14,19-20,22H2,1-4H3. The highest BCUT2D eigenvalue weighted by atomic mass is 31.1. The Kier molecular flexibility index (Phi) is 8.65. The molecule has 2 aromatic carbocycles. The Morgan fingerprint density at radius 3 is 2.09 bits per heavy atom. The van der Waals surface area contributed by atoms with E-state index >= 15 is 0 Å². The van der Waals surface area contributed by atoms with Gasteiger partial charge in [0.25, 0.3) is 0 Å². The first kappa shape index (κ1) is 24.5. The van der Waals surface area contributed by atoms with E-state index < -0.39 is 0 Å². The molecular weight excluding hydrogens is 415 g/mol. The first-order chi connectivity index (χ1) is 16.1. The number of benzene rings is 2. The summed E-state index contributed by atoms with van der Waals surface area (Å²) in [4.78, 5) is 0. The van der Waals surface area contributed by atoms with Gasteiger partial charge in [-0.25, -0.2) is 0 Å². The molecular formula is C32H43P. The predicted molar refractivity (Wildman–Crippen MR) is 150 cm³/mol. The van der Waals surface area contributed by atoms with Crippen molar-refractivity contribution in [2.75, 3.05) is 12.3 Å². The van der Waals surface area contributed by atoms with Crippen molar-refractivity contribution in [1.29, 1.82) is 0 Å². The fraction of sp³-hybridized carbons (Fsp3) is 0.500. The van der Waals surface area contributed by atoms with Crippen LogP contribution in [0.4, 0.5) is 0 Å². The van der Waals surface area contributed by atoms with Crippen molar-refractivity contribution in [1.82, 2.24) is 0 Å². The minimum Gasteiger partial charge on any atom is -0.0787 e. The molecule has 0 saturated carbocycles. The van der Waals surface area contributed by atoms with E-state index in [0.717, 1.165) is 6.42 Å². The topological polar surface area (TPSA) is 0 Å². The highest BCUT2D eigenvalue weighted by Gasteiger charge is 2.34. The quantitative estimate of drug-likeness (QED) is 0.219. The maximum atomic E-state index is 2.62. The van der Waals surface area contributed by atoms with Crippen molar-refractivity contribution in [2.45, 2.75) is 91.4 Å². The van der Waals surface area contributed by atoms with Gasteiger partial charge in [-0.1, -0.05) is 114 Å². The van der Waals surface area contributed by atoms with E-state index in [4.69, 9.17) is 0 Å². The highest BCUT2D eigenvalue weighted by molar-refractivity contribution is 7.62. The van der Waals surface area contributed by atoms with E-state index in [1.807, 2.05) is 0 Å². The van der Waals surface area contributed by atoms with E-state index in [9.17, 15) is 0 Å². The summed E-state index contributed by atoms with van der Waals surface area (Å²) in [6.07, 6.45) is 20.2. The van der Waals surface area contributed by atoms with Crippen LogP contribution in [0.15, 0.2) is 47.3 Å². The van der Waals surface area contributed by atoms with Gasteiger partial charge in [-0.05, 0) is 84.1 Å². The van der Waals surface area contributed by atoms with Crippen LogP contribution in [0.3, 0.4) is 0 Å². The Bertz CT molecular complexity index is 997. The summed E-state index contributed by atoms with van der Waals surface area (Å²) in [5, 5.41) is 1.79. The fourth-order valence-corrected chi connectivity index (χ4v) is 8.69. The lowest BCUT2D eigenvalue weighted by Crippen LogP contribution is -2.06. The molecule has 0 aliphatic heterocycles. The van der Waals surface area contributed by atoms with Crippen molar-refractivity contribution >= 4 is 20.1 Å². The van der Waals surface area contributed by atoms with E-state index in [-0.39, 0.29) is 7.92 Å². The maximum absolute atomic E-state index is 2.62. The Morgan fingerprint density at radius 2 is 1.42 bits per heavy atom. The zero-order valence-corrected chi connectivity index (χ0v) is 22.3. The predicted octanol–water partition coefficient (Wildman–Crippen LogP) is 10.0. The molecule has 0 heterocycles. The molecule has 1 heteroatoms. The van der Waals surface area contributed by atoms with Gasteiger partial charge in [-0.3, -0.25) is 0 Å². The number of unbranched alkanes of at least 4 members (excludes halogenated alkanes) is 6. The Labute approximate surface area is 204 Å². The van der Waals surface area contributed by atoms with E-state index in [1.165, 1.54) is 85.9 Å². The van der Waals surface area contributed by atoms with Crippen molar-refractivity contribution in [3.8, 4) is 0 Å². The normalized spacial score (nSPS) is 16.7. The zero-order chi connectivity index (χ0) is 23.2. The summed E-state index contributed by atoms with van der Waals surface area (Å²) in [5.41, 5.74) is 10.7. The third-order valence-corrected chi connectivity index (χ3v) is 10.6. The molecule has 0 nitrogen and oxygen atoms in total. The van der Waals surface area contributed by atoms with Gasteiger partial charge >= 0.3 is 0 Å². The SMILES string of the molecule is CCCCCCP(CCCCCC)C1=Cc2ccccc2C1C1=Cc2c(C)ccc(C)c2C1. The van der Waals surface area contributed by atoms with Crippen LogP contribution in [0, 0.1) is 13.8 Å². The number of hydrogen-bond donors (Lipinski definition) is 0. The molecule has 0 bridgehead atoms. The molecule has 2 aliphatic carbocycles. The maximum Gasteiger partial charge on any atom is 0.0316 e. The van der Waals surface area contributed by atoms with Crippen LogP contribution in [-0.2, 0) is 6.42 Å². The Balaban J connectivity index is 1.63. The smallest absolute Gasteiger partial charge is 0.0316 e. The van der Waals surface area contributed by atoms with E-state index in [2.05, 4.69) is 76.2 Å². The molecule has 0 fully saturated rings. The van der Waals surface area contributed by atoms with Gasteiger partial charge in [0.05, 0.1) is 0 Å². The number of hydrogen-bond acceptors (Lipinski definition) is 0. The second kappa shape index (κ2) is 11.7.